The Bertz CT molecular complexity index is 594. The van der Waals surface area contributed by atoms with Gasteiger partial charge in [0.25, 0.3) is 0 Å². The third-order valence-corrected chi connectivity index (χ3v) is 3.76. The van der Waals surface area contributed by atoms with Crippen molar-refractivity contribution in [3.8, 4) is 0 Å². The van der Waals surface area contributed by atoms with Gasteiger partial charge in [0, 0.05) is 13.0 Å². The van der Waals surface area contributed by atoms with Crippen molar-refractivity contribution in [1.82, 2.24) is 5.32 Å². The molecule has 0 aromatic heterocycles. The molecule has 0 aliphatic carbocycles. The molecule has 0 saturated carbocycles. The Hall–Kier alpha value is -2.89. The largest absolute Gasteiger partial charge is 0.480 e. The third-order valence-electron chi connectivity index (χ3n) is 3.76. The first kappa shape index (κ1) is 39.3. The fourth-order valence-corrected chi connectivity index (χ4v) is 1.48. The van der Waals surface area contributed by atoms with E-state index in [-0.39, 0.29) is 24.9 Å². The minimum absolute atomic E-state index is 0.0208. The lowest BCUT2D eigenvalue weighted by atomic mass is 10.1. The molecule has 1 heterocycles. The number of β-amino-alcohol motifs (C(OH)–C–C–N with tert-alkyl or cyclic N) is 1. The molecule has 0 bridgehead atoms. The minimum Gasteiger partial charge on any atom is -0.480 e. The molecule has 1 aliphatic rings. The van der Waals surface area contributed by atoms with Gasteiger partial charge in [-0.15, -0.1) is 0 Å². The summed E-state index contributed by atoms with van der Waals surface area (Å²) >= 11 is 0. The summed E-state index contributed by atoms with van der Waals surface area (Å²) in [6, 6.07) is -1.97. The minimum atomic E-state index is -0.968. The number of nitrogens with two attached hydrogens (primary N) is 4. The van der Waals surface area contributed by atoms with E-state index in [0.29, 0.717) is 13.0 Å². The molecule has 208 valence electrons. The Kier molecular flexibility index (Phi) is 25.7. The van der Waals surface area contributed by atoms with Crippen LogP contribution in [0.15, 0.2) is 0 Å². The number of aliphatic hydroxyl groups excluding tert-OH is 1. The van der Waals surface area contributed by atoms with E-state index in [1.165, 1.54) is 0 Å². The van der Waals surface area contributed by atoms with Gasteiger partial charge in [0.05, 0.1) is 19.2 Å². The number of carboxylic acid groups (broad SMARTS) is 5. The van der Waals surface area contributed by atoms with Crippen LogP contribution >= 0.6 is 0 Å². The van der Waals surface area contributed by atoms with Gasteiger partial charge in [-0.1, -0.05) is 27.7 Å². The average Bonchev–Trinajstić information content (AvgIpc) is 3.20. The second-order valence-corrected chi connectivity index (χ2v) is 7.60. The highest BCUT2D eigenvalue weighted by Gasteiger charge is 2.27. The number of carbonyl (C=O) groups is 5. The molecule has 0 radical (unpaired) electrons. The summed E-state index contributed by atoms with van der Waals surface area (Å²) in [7, 11) is 0. The Balaban J connectivity index is -0.000000175. The molecule has 0 spiro atoms. The Labute approximate surface area is 203 Å². The number of carboxylic acids is 5. The Morgan fingerprint density at radius 2 is 1.06 bits per heavy atom. The van der Waals surface area contributed by atoms with Crippen molar-refractivity contribution >= 4 is 29.8 Å². The van der Waals surface area contributed by atoms with Crippen molar-refractivity contribution in [2.75, 3.05) is 19.6 Å². The fourth-order valence-electron chi connectivity index (χ4n) is 1.48. The van der Waals surface area contributed by atoms with E-state index in [9.17, 15) is 24.0 Å². The van der Waals surface area contributed by atoms with Crippen LogP contribution in [-0.4, -0.2) is 104 Å². The molecule has 1 rings (SSSR count). The van der Waals surface area contributed by atoms with Crippen molar-refractivity contribution < 1.29 is 54.6 Å². The molecule has 0 aromatic rings. The molecular weight excluding hydrogens is 474 g/mol. The summed E-state index contributed by atoms with van der Waals surface area (Å²) in [4.78, 5) is 48.7. The zero-order chi connectivity index (χ0) is 28.9. The number of hydrogen-bond donors (Lipinski definition) is 11. The Morgan fingerprint density at radius 1 is 0.771 bits per heavy atom. The summed E-state index contributed by atoms with van der Waals surface area (Å²) in [6.07, 6.45) is -0.152. The number of nitrogens with one attached hydrogen (secondary N) is 1. The number of rotatable bonds is 7. The van der Waals surface area contributed by atoms with E-state index < -0.39 is 54.1 Å². The summed E-state index contributed by atoms with van der Waals surface area (Å²) in [5, 5.41) is 51.5. The Morgan fingerprint density at radius 3 is 1.11 bits per heavy atom. The summed E-state index contributed by atoms with van der Waals surface area (Å²) in [6.45, 7) is 6.95. The van der Waals surface area contributed by atoms with Crippen LogP contribution in [0.5, 0.6) is 0 Å². The van der Waals surface area contributed by atoms with Crippen molar-refractivity contribution in [3.05, 3.63) is 0 Å². The van der Waals surface area contributed by atoms with E-state index in [0.717, 1.165) is 0 Å². The molecule has 16 heteroatoms. The molecule has 35 heavy (non-hydrogen) atoms. The molecule has 4 atom stereocenters. The highest BCUT2D eigenvalue weighted by Crippen LogP contribution is 2.05. The maximum atomic E-state index is 10.2. The zero-order valence-electron chi connectivity index (χ0n) is 20.3. The smallest absolute Gasteiger partial charge is 0.320 e. The van der Waals surface area contributed by atoms with Crippen LogP contribution in [0, 0.1) is 11.8 Å². The van der Waals surface area contributed by atoms with Gasteiger partial charge in [0.1, 0.15) is 18.1 Å². The van der Waals surface area contributed by atoms with E-state index in [1.54, 1.807) is 27.7 Å². The highest BCUT2D eigenvalue weighted by molar-refractivity contribution is 5.74. The van der Waals surface area contributed by atoms with E-state index >= 15 is 0 Å². The lowest BCUT2D eigenvalue weighted by Gasteiger charge is -2.07. The molecule has 1 fully saturated rings. The predicted molar refractivity (Wildman–Crippen MR) is 124 cm³/mol. The van der Waals surface area contributed by atoms with Gasteiger partial charge >= 0.3 is 29.8 Å². The van der Waals surface area contributed by atoms with Gasteiger partial charge in [0.2, 0.25) is 0 Å². The van der Waals surface area contributed by atoms with Crippen LogP contribution in [0.4, 0.5) is 0 Å². The molecule has 16 nitrogen and oxygen atoms in total. The first-order chi connectivity index (χ1) is 15.8. The number of hydrogen-bond acceptors (Lipinski definition) is 11. The van der Waals surface area contributed by atoms with E-state index in [1.807, 2.05) is 0 Å². The maximum Gasteiger partial charge on any atom is 0.320 e. The molecular formula is C19H41N5O11. The molecule has 0 aromatic carbocycles. The summed E-state index contributed by atoms with van der Waals surface area (Å²) in [5.41, 5.74) is 19.5. The first-order valence-electron chi connectivity index (χ1n) is 10.3. The monoisotopic (exact) mass is 515 g/mol. The van der Waals surface area contributed by atoms with Crippen molar-refractivity contribution in [1.29, 1.82) is 0 Å². The molecule has 1 saturated heterocycles. The molecule has 15 N–H and O–H groups in total. The lowest BCUT2D eigenvalue weighted by molar-refractivity contribution is -0.140. The van der Waals surface area contributed by atoms with Crippen LogP contribution in [0.3, 0.4) is 0 Å². The van der Waals surface area contributed by atoms with Crippen LogP contribution in [0.1, 0.15) is 34.1 Å². The van der Waals surface area contributed by atoms with Gasteiger partial charge < -0.3 is 58.9 Å². The predicted octanol–water partition coefficient (Wildman–Crippen LogP) is -3.04. The molecule has 2 unspecified atom stereocenters. The molecule has 0 amide bonds. The van der Waals surface area contributed by atoms with Gasteiger partial charge in [-0.05, 0) is 11.8 Å². The fraction of sp³-hybridized carbons (Fsp3) is 0.737. The topological polar surface area (TPSA) is 323 Å². The van der Waals surface area contributed by atoms with Gasteiger partial charge in [-0.3, -0.25) is 24.0 Å². The second kappa shape index (κ2) is 22.9. The second-order valence-electron chi connectivity index (χ2n) is 7.60. The lowest BCUT2D eigenvalue weighted by Crippen LogP contribution is -2.34. The van der Waals surface area contributed by atoms with Crippen LogP contribution in [-0.2, 0) is 24.0 Å². The SMILES string of the molecule is CC(C)C(N)C(=O)O.CC(C)C(N)C(=O)O.NCC(=O)O.NCC(=O)O.O=C(O)[C@@H]1C[C@@H](O)CN1. The van der Waals surface area contributed by atoms with E-state index in [2.05, 4.69) is 16.8 Å². The summed E-state index contributed by atoms with van der Waals surface area (Å²) in [5.74, 6) is -4.64. The van der Waals surface area contributed by atoms with Gasteiger partial charge in [0.15, 0.2) is 0 Å². The van der Waals surface area contributed by atoms with Gasteiger partial charge in [-0.25, -0.2) is 0 Å². The van der Waals surface area contributed by atoms with Gasteiger partial charge in [-0.2, -0.15) is 0 Å². The molecule has 1 aliphatic heterocycles. The van der Waals surface area contributed by atoms with Crippen molar-refractivity contribution in [2.24, 2.45) is 34.8 Å². The van der Waals surface area contributed by atoms with Crippen molar-refractivity contribution in [3.63, 3.8) is 0 Å². The van der Waals surface area contributed by atoms with E-state index in [4.69, 9.17) is 42.1 Å². The van der Waals surface area contributed by atoms with Crippen LogP contribution in [0.25, 0.3) is 0 Å². The number of aliphatic hydroxyl groups is 1. The summed E-state index contributed by atoms with van der Waals surface area (Å²) < 4.78 is 0. The zero-order valence-corrected chi connectivity index (χ0v) is 20.3. The standard InChI is InChI=1S/C5H9NO3.2C5H11NO2.2C2H5NO2/c7-3-1-4(5(8)9)6-2-3;2*1-3(2)4(6)5(7)8;2*3-1-2(4)5/h3-4,6-7H,1-2H2,(H,8,9);2*3-4H,6H2,1-2H3,(H,7,8);2*1,3H2,(H,4,5)/t3-,4+;;;;/m1..../s1. The quantitative estimate of drug-likeness (QED) is 0.160. The first-order valence-corrected chi connectivity index (χ1v) is 10.3. The number of aliphatic carboxylic acids is 5. The average molecular weight is 516 g/mol. The third kappa shape index (κ3) is 29.1. The van der Waals surface area contributed by atoms with Crippen LogP contribution < -0.4 is 28.3 Å². The maximum absolute atomic E-state index is 10.2. The normalized spacial score (nSPS) is 17.5. The van der Waals surface area contributed by atoms with Crippen molar-refractivity contribution in [2.45, 2.75) is 58.3 Å². The highest BCUT2D eigenvalue weighted by atomic mass is 16.4. The van der Waals surface area contributed by atoms with Crippen LogP contribution in [0.2, 0.25) is 0 Å².